The number of halogens is 6. The number of aryl methyl sites for hydroxylation is 2. The summed E-state index contributed by atoms with van der Waals surface area (Å²) in [6.45, 7) is 45.5. The minimum absolute atomic E-state index is 0.0505. The largest absolute Gasteiger partial charge is 0.378 e. The number of nitrogens with zero attached hydrogens (tertiary/aromatic N) is 15. The summed E-state index contributed by atoms with van der Waals surface area (Å²) in [6, 6.07) is 51.7. The first kappa shape index (κ1) is 91.1. The van der Waals surface area contributed by atoms with Gasteiger partial charge in [-0.1, -0.05) is 166 Å². The summed E-state index contributed by atoms with van der Waals surface area (Å²) < 4.78 is 59.0. The molecule has 0 saturated heterocycles. The van der Waals surface area contributed by atoms with Gasteiger partial charge < -0.3 is 14.7 Å². The average Bonchev–Trinajstić information content (AvgIpc) is 0.745. The van der Waals surface area contributed by atoms with Gasteiger partial charge in [-0.3, -0.25) is 30.0 Å². The highest BCUT2D eigenvalue weighted by Crippen LogP contribution is 2.43. The van der Waals surface area contributed by atoms with Crippen LogP contribution in [0.1, 0.15) is 148 Å². The second-order valence-electron chi connectivity index (χ2n) is 20.1. The lowest BCUT2D eigenvalue weighted by Gasteiger charge is -2.29. The van der Waals surface area contributed by atoms with E-state index >= 15 is 0 Å². The molecular weight excluding hydrogens is 1480 g/mol. The standard InChI is InChI=1S/C26H23N5.C22H23N5.C20H15F4N5.5C2H6.I2/c1-29-26(30-2,24-13-15-25(16-14-24)31(3)4)23-11-9-20(10-12-23)19-5-7-21(8-6-19)22(17-27)18-28;1-15-12-21(16(2)11-20(15)17(13-23)14-24)22(25-3,26-4)18-7-9-19(10-8-18)27(5)6;1-27-20(28-2,12-5-7-13(8-6-12)29(3)4)15-18(23)16(21)14(11(9-25)10-26)17(22)19(15)24;6*1-2/h5-16,22H,1-2H2,3-4H3;7-12,17H,3-4H2,1-2,5-6H3;5-8,11H,1-2H2,3-4H3;5*1-2H3;. The van der Waals surface area contributed by atoms with Crippen molar-refractivity contribution in [1.29, 1.82) is 31.6 Å². The average molecular weight is 1570 g/mol. The van der Waals surface area contributed by atoms with Crippen LogP contribution in [0.4, 0.5) is 34.6 Å². The van der Waals surface area contributed by atoms with E-state index in [1.165, 1.54) is 24.3 Å². The van der Waals surface area contributed by atoms with Crippen LogP contribution in [0.15, 0.2) is 163 Å². The number of hydrogen-bond acceptors (Lipinski definition) is 15. The molecule has 99 heavy (non-hydrogen) atoms. The molecule has 520 valence electrons. The van der Waals surface area contributed by atoms with Crippen LogP contribution in [0.25, 0.3) is 11.1 Å². The van der Waals surface area contributed by atoms with Gasteiger partial charge in [0.25, 0.3) is 0 Å². The molecular formula is C78H91F4I2N15. The van der Waals surface area contributed by atoms with Crippen molar-refractivity contribution in [2.24, 2.45) is 30.0 Å². The third kappa shape index (κ3) is 21.5. The fraction of sp³-hybridized carbons (Fsp3) is 0.308. The van der Waals surface area contributed by atoms with Crippen molar-refractivity contribution >= 4 is 94.6 Å². The maximum Gasteiger partial charge on any atom is 0.205 e. The van der Waals surface area contributed by atoms with Crippen molar-refractivity contribution in [2.75, 3.05) is 57.0 Å². The molecule has 0 aromatic heterocycles. The van der Waals surface area contributed by atoms with Crippen molar-refractivity contribution in [3.8, 4) is 47.5 Å². The third-order valence-corrected chi connectivity index (χ3v) is 14.6. The van der Waals surface area contributed by atoms with Gasteiger partial charge in [0.2, 0.25) is 5.66 Å². The molecule has 0 bridgehead atoms. The normalized spacial score (nSPS) is 9.87. The van der Waals surface area contributed by atoms with Crippen LogP contribution in [0.5, 0.6) is 0 Å². The van der Waals surface area contributed by atoms with Gasteiger partial charge in [0, 0.05) is 124 Å². The maximum absolute atomic E-state index is 14.9. The van der Waals surface area contributed by atoms with E-state index in [1.54, 1.807) is 31.1 Å². The molecule has 0 aliphatic rings. The van der Waals surface area contributed by atoms with E-state index in [9.17, 15) is 28.1 Å². The predicted octanol–water partition coefficient (Wildman–Crippen LogP) is 20.2. The molecule has 0 radical (unpaired) electrons. The van der Waals surface area contributed by atoms with E-state index in [-0.39, 0.29) is 5.56 Å². The molecule has 0 amide bonds. The lowest BCUT2D eigenvalue weighted by molar-refractivity contribution is 0.395. The van der Waals surface area contributed by atoms with Gasteiger partial charge in [-0.15, -0.1) is 0 Å². The summed E-state index contributed by atoms with van der Waals surface area (Å²) in [5, 5.41) is 54.3. The molecule has 7 aromatic carbocycles. The number of anilines is 3. The second-order valence-corrected chi connectivity index (χ2v) is 20.1. The Balaban J connectivity index is 0. The molecule has 0 saturated carbocycles. The van der Waals surface area contributed by atoms with Crippen molar-refractivity contribution in [2.45, 2.75) is 118 Å². The van der Waals surface area contributed by atoms with Gasteiger partial charge >= 0.3 is 0 Å². The molecule has 21 heteroatoms. The zero-order valence-corrected chi connectivity index (χ0v) is 64.5. The molecule has 0 unspecified atom stereocenters. The lowest BCUT2D eigenvalue weighted by atomic mass is 9.84. The van der Waals surface area contributed by atoms with Gasteiger partial charge in [0.05, 0.1) is 47.5 Å². The highest BCUT2D eigenvalue weighted by atomic mass is 128. The van der Waals surface area contributed by atoms with Gasteiger partial charge in [0.1, 0.15) is 0 Å². The van der Waals surface area contributed by atoms with Gasteiger partial charge in [-0.25, -0.2) is 17.6 Å². The van der Waals surface area contributed by atoms with Crippen LogP contribution in [-0.2, 0) is 17.0 Å². The molecule has 0 heterocycles. The topological polar surface area (TPSA) is 227 Å². The molecule has 7 aromatic rings. The SMILES string of the molecule is C=NC(N=C)(c1ccc(-c2ccc(C(C#N)C#N)cc2)cc1)c1ccc(N(C)C)cc1.C=NC(N=C)(c1ccc(N(C)C)cc1)c1c(F)c(F)c(C(C#N)C#N)c(F)c1F.C=NC(N=C)(c1ccc(N(C)C)cc1)c1cc(C)c(C(C#N)C#N)cc1C.CC.CC.CC.CC.CC.II. The fourth-order valence-electron chi connectivity index (χ4n) is 9.65. The number of aliphatic imine (C=N–C) groups is 6. The number of nitriles is 6. The Morgan fingerprint density at radius 1 is 0.364 bits per heavy atom. The molecule has 0 spiro atoms. The van der Waals surface area contributed by atoms with E-state index in [0.717, 1.165) is 61.6 Å². The van der Waals surface area contributed by atoms with E-state index in [4.69, 9.17) is 21.0 Å². The molecule has 0 atom stereocenters. The minimum atomic E-state index is -2.30. The van der Waals surface area contributed by atoms with E-state index < -0.39 is 69.1 Å². The van der Waals surface area contributed by atoms with Crippen LogP contribution in [-0.4, -0.2) is 82.6 Å². The Morgan fingerprint density at radius 3 is 0.919 bits per heavy atom. The van der Waals surface area contributed by atoms with E-state index in [1.807, 2.05) is 255 Å². The van der Waals surface area contributed by atoms with Crippen molar-refractivity contribution in [1.82, 2.24) is 0 Å². The Labute approximate surface area is 609 Å². The Hall–Kier alpha value is -9.92. The zero-order valence-electron chi connectivity index (χ0n) is 60.2. The highest BCUT2D eigenvalue weighted by molar-refractivity contribution is 15.0. The minimum Gasteiger partial charge on any atom is -0.378 e. The summed E-state index contributed by atoms with van der Waals surface area (Å²) in [6.07, 6.45) is 0. The van der Waals surface area contributed by atoms with Crippen molar-refractivity contribution < 1.29 is 17.6 Å². The molecule has 0 aliphatic carbocycles. The molecule has 0 N–H and O–H groups in total. The summed E-state index contributed by atoms with van der Waals surface area (Å²) in [5.74, 6) is -11.1. The van der Waals surface area contributed by atoms with Crippen molar-refractivity contribution in [3.05, 3.63) is 218 Å². The summed E-state index contributed by atoms with van der Waals surface area (Å²) in [5.41, 5.74) is 4.63. The van der Waals surface area contributed by atoms with Crippen LogP contribution < -0.4 is 14.7 Å². The van der Waals surface area contributed by atoms with Crippen LogP contribution in [0, 0.1) is 105 Å². The lowest BCUT2D eigenvalue weighted by Crippen LogP contribution is -2.28. The Bertz CT molecular complexity index is 3890. The molecule has 15 nitrogen and oxygen atoms in total. The first-order chi connectivity index (χ1) is 47.5. The summed E-state index contributed by atoms with van der Waals surface area (Å²) >= 11 is 4.24. The Morgan fingerprint density at radius 2 is 0.636 bits per heavy atom. The maximum atomic E-state index is 14.9. The third-order valence-electron chi connectivity index (χ3n) is 14.6. The van der Waals surface area contributed by atoms with Crippen LogP contribution >= 0.6 is 37.2 Å². The van der Waals surface area contributed by atoms with Gasteiger partial charge in [0.15, 0.2) is 52.3 Å². The summed E-state index contributed by atoms with van der Waals surface area (Å²) in [4.78, 5) is 30.5. The first-order valence-electron chi connectivity index (χ1n) is 31.4. The summed E-state index contributed by atoms with van der Waals surface area (Å²) in [7, 11) is 11.5. The molecule has 0 aliphatic heterocycles. The molecule has 7 rings (SSSR count). The quantitative estimate of drug-likeness (QED) is 0.0324. The molecule has 0 fully saturated rings. The van der Waals surface area contributed by atoms with Crippen molar-refractivity contribution in [3.63, 3.8) is 0 Å². The second kappa shape index (κ2) is 46.3. The van der Waals surface area contributed by atoms with E-state index in [2.05, 4.69) is 107 Å². The smallest absolute Gasteiger partial charge is 0.205 e. The van der Waals surface area contributed by atoms with E-state index in [0.29, 0.717) is 11.1 Å². The van der Waals surface area contributed by atoms with Gasteiger partial charge in [-0.05, 0) is 124 Å². The fourth-order valence-corrected chi connectivity index (χ4v) is 9.65. The van der Waals surface area contributed by atoms with Crippen LogP contribution in [0.2, 0.25) is 0 Å². The monoisotopic (exact) mass is 1570 g/mol. The number of rotatable bonds is 19. The van der Waals surface area contributed by atoms with Gasteiger partial charge in [-0.2, -0.15) is 31.6 Å². The Kier molecular flexibility index (Phi) is 42.6. The number of benzene rings is 7. The predicted molar refractivity (Wildman–Crippen MR) is 423 cm³/mol. The number of hydrogen-bond donors (Lipinski definition) is 0. The van der Waals surface area contributed by atoms with Crippen LogP contribution in [0.3, 0.4) is 0 Å². The highest BCUT2D eigenvalue weighted by Gasteiger charge is 2.43. The first-order valence-corrected chi connectivity index (χ1v) is 37.7. The zero-order chi connectivity index (χ0) is 76.6.